The summed E-state index contributed by atoms with van der Waals surface area (Å²) in [7, 11) is 0. The lowest BCUT2D eigenvalue weighted by Gasteiger charge is -2.31. The number of halogens is 2. The lowest BCUT2D eigenvalue weighted by atomic mass is 10.2. The van der Waals surface area contributed by atoms with Gasteiger partial charge in [0.15, 0.2) is 0 Å². The minimum absolute atomic E-state index is 0.0773. The Morgan fingerprint density at radius 1 is 1.16 bits per heavy atom. The van der Waals surface area contributed by atoms with Gasteiger partial charge in [0.2, 0.25) is 5.84 Å². The van der Waals surface area contributed by atoms with Crippen molar-refractivity contribution in [2.24, 2.45) is 4.99 Å². The molecule has 1 aliphatic heterocycles. The molecular weight excluding hydrogens is 287 g/mol. The van der Waals surface area contributed by atoms with E-state index in [-0.39, 0.29) is 17.7 Å². The average Bonchev–Trinajstić information content (AvgIpc) is 2.83. The summed E-state index contributed by atoms with van der Waals surface area (Å²) in [5.41, 5.74) is 0.865. The Morgan fingerprint density at radius 3 is 2.58 bits per heavy atom. The maximum atomic E-state index is 9.48. The summed E-state index contributed by atoms with van der Waals surface area (Å²) in [5.74, 6) is 0.604. The van der Waals surface area contributed by atoms with Gasteiger partial charge in [-0.15, -0.1) is 0 Å². The highest BCUT2D eigenvalue weighted by atomic mass is 35.5. The Morgan fingerprint density at radius 2 is 1.95 bits per heavy atom. The van der Waals surface area contributed by atoms with Crippen LogP contribution >= 0.6 is 23.2 Å². The predicted octanol–water partition coefficient (Wildman–Crippen LogP) is 2.56. The molecule has 0 aromatic heterocycles. The molecule has 1 aliphatic rings. The van der Waals surface area contributed by atoms with E-state index >= 15 is 0 Å². The minimum atomic E-state index is -0.154. The van der Waals surface area contributed by atoms with Gasteiger partial charge >= 0.3 is 0 Å². The van der Waals surface area contributed by atoms with Crippen LogP contribution in [0, 0.1) is 0 Å². The standard InChI is InChI=1S/C13H15Cl2N2O2/c14-11-3-2-10(8-12(11)15)17(5-1-7-18)6-4-16-13(17)9-19/h2-4,6,8,18-19H,1,5,7,9H2/q+1. The van der Waals surface area contributed by atoms with Crippen molar-refractivity contribution in [1.82, 2.24) is 4.48 Å². The number of aliphatic hydroxyl groups is 2. The molecule has 1 aromatic carbocycles. The predicted molar refractivity (Wildman–Crippen MR) is 78.5 cm³/mol. The molecule has 0 amide bonds. The quantitative estimate of drug-likeness (QED) is 0.821. The van der Waals surface area contributed by atoms with Crippen LogP contribution in [0.5, 0.6) is 0 Å². The molecule has 1 unspecified atom stereocenters. The number of aliphatic imine (C=N–C) groups is 1. The van der Waals surface area contributed by atoms with E-state index in [4.69, 9.17) is 28.3 Å². The van der Waals surface area contributed by atoms with Crippen molar-refractivity contribution in [1.29, 1.82) is 0 Å². The number of hydrogen-bond acceptors (Lipinski definition) is 3. The van der Waals surface area contributed by atoms with Crippen LogP contribution in [-0.4, -0.2) is 35.8 Å². The number of nitrogens with zero attached hydrogens (tertiary/aromatic N) is 2. The molecule has 0 bridgehead atoms. The minimum Gasteiger partial charge on any atom is -0.396 e. The van der Waals surface area contributed by atoms with Gasteiger partial charge in [-0.2, -0.15) is 0 Å². The zero-order valence-corrected chi connectivity index (χ0v) is 11.8. The third-order valence-corrected chi connectivity index (χ3v) is 3.92. The lowest BCUT2D eigenvalue weighted by molar-refractivity contribution is 0.274. The van der Waals surface area contributed by atoms with Crippen molar-refractivity contribution in [2.75, 3.05) is 19.8 Å². The van der Waals surface area contributed by atoms with Crippen LogP contribution in [0.3, 0.4) is 0 Å². The Kier molecular flexibility index (Phi) is 4.60. The van der Waals surface area contributed by atoms with Gasteiger partial charge in [-0.05, 0) is 6.07 Å². The van der Waals surface area contributed by atoms with Crippen LogP contribution in [0.4, 0.5) is 5.69 Å². The first kappa shape index (κ1) is 14.5. The van der Waals surface area contributed by atoms with E-state index in [1.807, 2.05) is 12.3 Å². The second-order valence-electron chi connectivity index (χ2n) is 4.27. The largest absolute Gasteiger partial charge is 0.396 e. The number of aliphatic hydroxyl groups excluding tert-OH is 2. The molecule has 0 radical (unpaired) electrons. The number of benzene rings is 1. The van der Waals surface area contributed by atoms with Crippen LogP contribution in [0.15, 0.2) is 35.6 Å². The Labute approximate surface area is 121 Å². The smallest absolute Gasteiger partial charge is 0.238 e. The molecule has 2 N–H and O–H groups in total. The topological polar surface area (TPSA) is 52.8 Å². The summed E-state index contributed by atoms with van der Waals surface area (Å²) in [6, 6.07) is 5.34. The van der Waals surface area contributed by atoms with E-state index in [0.29, 0.717) is 28.8 Å². The Bertz CT molecular complexity index is 531. The van der Waals surface area contributed by atoms with Gasteiger partial charge < -0.3 is 10.2 Å². The summed E-state index contributed by atoms with van der Waals surface area (Å²) in [6.45, 7) is 0.525. The summed E-state index contributed by atoms with van der Waals surface area (Å²) < 4.78 is 0.272. The first-order valence-electron chi connectivity index (χ1n) is 5.94. The molecule has 1 atom stereocenters. The van der Waals surface area contributed by atoms with E-state index in [1.54, 1.807) is 18.3 Å². The zero-order valence-electron chi connectivity index (χ0n) is 10.3. The lowest BCUT2D eigenvalue weighted by Crippen LogP contribution is -2.50. The second kappa shape index (κ2) is 6.03. The number of rotatable bonds is 5. The molecule has 102 valence electrons. The van der Waals surface area contributed by atoms with Crippen molar-refractivity contribution in [3.05, 3.63) is 40.6 Å². The van der Waals surface area contributed by atoms with Crippen molar-refractivity contribution in [2.45, 2.75) is 6.42 Å². The van der Waals surface area contributed by atoms with Gasteiger partial charge in [0, 0.05) is 25.2 Å². The van der Waals surface area contributed by atoms with Crippen LogP contribution in [0.2, 0.25) is 10.0 Å². The molecule has 1 heterocycles. The molecule has 6 heteroatoms. The molecule has 0 saturated carbocycles. The van der Waals surface area contributed by atoms with E-state index in [2.05, 4.69) is 4.99 Å². The van der Waals surface area contributed by atoms with E-state index in [9.17, 15) is 5.11 Å². The van der Waals surface area contributed by atoms with Gasteiger partial charge in [0.25, 0.3) is 0 Å². The Balaban J connectivity index is 2.46. The summed E-state index contributed by atoms with van der Waals surface area (Å²) in [5, 5.41) is 19.5. The molecule has 4 nitrogen and oxygen atoms in total. The van der Waals surface area contributed by atoms with Crippen molar-refractivity contribution < 1.29 is 10.2 Å². The second-order valence-corrected chi connectivity index (χ2v) is 5.08. The van der Waals surface area contributed by atoms with Gasteiger partial charge in [-0.3, -0.25) is 0 Å². The summed E-state index contributed by atoms with van der Waals surface area (Å²) >= 11 is 12.0. The van der Waals surface area contributed by atoms with Gasteiger partial charge in [-0.25, -0.2) is 9.48 Å². The molecule has 0 saturated heterocycles. The fraction of sp³-hybridized carbons (Fsp3) is 0.308. The van der Waals surface area contributed by atoms with E-state index < -0.39 is 0 Å². The van der Waals surface area contributed by atoms with Crippen molar-refractivity contribution in [3.8, 4) is 0 Å². The van der Waals surface area contributed by atoms with Gasteiger partial charge in [-0.1, -0.05) is 23.2 Å². The van der Waals surface area contributed by atoms with Gasteiger partial charge in [0.05, 0.1) is 22.8 Å². The third-order valence-electron chi connectivity index (χ3n) is 3.18. The van der Waals surface area contributed by atoms with Crippen molar-refractivity contribution in [3.63, 3.8) is 0 Å². The maximum Gasteiger partial charge on any atom is 0.238 e. The average molecular weight is 302 g/mol. The highest BCUT2D eigenvalue weighted by Crippen LogP contribution is 2.34. The van der Waals surface area contributed by atoms with Crippen LogP contribution in [0.25, 0.3) is 0 Å². The van der Waals surface area contributed by atoms with Crippen LogP contribution < -0.4 is 4.48 Å². The monoisotopic (exact) mass is 301 g/mol. The fourth-order valence-corrected chi connectivity index (χ4v) is 2.50. The van der Waals surface area contributed by atoms with E-state index in [1.165, 1.54) is 0 Å². The molecule has 19 heavy (non-hydrogen) atoms. The molecule has 0 fully saturated rings. The molecule has 0 spiro atoms. The van der Waals surface area contributed by atoms with Gasteiger partial charge in [0.1, 0.15) is 18.5 Å². The normalized spacial score (nSPS) is 21.8. The van der Waals surface area contributed by atoms with Crippen LogP contribution in [0.1, 0.15) is 6.42 Å². The maximum absolute atomic E-state index is 9.48. The Hall–Kier alpha value is -0.910. The first-order chi connectivity index (χ1) is 9.14. The third kappa shape index (κ3) is 2.68. The number of amidine groups is 1. The summed E-state index contributed by atoms with van der Waals surface area (Å²) in [6.07, 6.45) is 4.12. The molecule has 0 aliphatic carbocycles. The number of quaternary nitrogens is 1. The van der Waals surface area contributed by atoms with E-state index in [0.717, 1.165) is 5.69 Å². The van der Waals surface area contributed by atoms with Crippen molar-refractivity contribution >= 4 is 34.7 Å². The fourth-order valence-electron chi connectivity index (χ4n) is 2.21. The highest BCUT2D eigenvalue weighted by Gasteiger charge is 2.37. The molecular formula is C13H15Cl2N2O2+. The zero-order chi connectivity index (χ0) is 13.9. The summed E-state index contributed by atoms with van der Waals surface area (Å²) in [4.78, 5) is 4.19. The highest BCUT2D eigenvalue weighted by molar-refractivity contribution is 6.42. The number of hydrogen-bond donors (Lipinski definition) is 2. The molecule has 2 rings (SSSR count). The molecule has 1 aromatic rings. The van der Waals surface area contributed by atoms with Crippen LogP contribution in [-0.2, 0) is 0 Å². The first-order valence-corrected chi connectivity index (χ1v) is 6.69. The SMILES string of the molecule is OCCC[N+]1(c2ccc(Cl)c(Cl)c2)C=CN=C1CO.